The van der Waals surface area contributed by atoms with E-state index in [1.165, 1.54) is 50.1 Å². The molecule has 1 atom stereocenters. The van der Waals surface area contributed by atoms with Gasteiger partial charge in [-0.2, -0.15) is 0 Å². The van der Waals surface area contributed by atoms with Crippen LogP contribution in [0.4, 0.5) is 0 Å². The van der Waals surface area contributed by atoms with Crippen LogP contribution >= 0.6 is 35.3 Å². The third kappa shape index (κ3) is 3.96. The Morgan fingerprint density at radius 2 is 2.18 bits per heavy atom. The highest BCUT2D eigenvalue weighted by Gasteiger charge is 2.41. The summed E-state index contributed by atoms with van der Waals surface area (Å²) in [6.45, 7) is 5.64. The molecule has 2 heterocycles. The normalized spacial score (nSPS) is 21.9. The topological polar surface area (TPSA) is 27.6 Å². The minimum atomic E-state index is 0. The summed E-state index contributed by atoms with van der Waals surface area (Å²) < 4.78 is 0. The lowest BCUT2D eigenvalue weighted by atomic mass is 9.86. The first-order valence-electron chi connectivity index (χ1n) is 8.21. The summed E-state index contributed by atoms with van der Waals surface area (Å²) in [6, 6.07) is 4.36. The maximum absolute atomic E-state index is 4.51. The fourth-order valence-electron chi connectivity index (χ4n) is 3.90. The van der Waals surface area contributed by atoms with Crippen molar-refractivity contribution in [3.8, 4) is 0 Å². The molecule has 1 aliphatic heterocycles. The highest BCUT2D eigenvalue weighted by atomic mass is 127. The summed E-state index contributed by atoms with van der Waals surface area (Å²) in [5, 5.41) is 5.75. The largest absolute Gasteiger partial charge is 0.356 e. The van der Waals surface area contributed by atoms with Crippen molar-refractivity contribution in [1.82, 2.24) is 10.2 Å². The fraction of sp³-hybridized carbons (Fsp3) is 0.706. The van der Waals surface area contributed by atoms with Crippen molar-refractivity contribution in [2.45, 2.75) is 44.9 Å². The molecule has 1 N–H and O–H groups in total. The van der Waals surface area contributed by atoms with Crippen molar-refractivity contribution in [3.05, 3.63) is 22.4 Å². The van der Waals surface area contributed by atoms with Crippen molar-refractivity contribution in [2.24, 2.45) is 10.4 Å². The molecular weight excluding hydrogens is 405 g/mol. The smallest absolute Gasteiger partial charge is 0.193 e. The van der Waals surface area contributed by atoms with Gasteiger partial charge < -0.3 is 10.2 Å². The van der Waals surface area contributed by atoms with E-state index >= 15 is 0 Å². The molecule has 3 rings (SSSR count). The van der Waals surface area contributed by atoms with Crippen LogP contribution in [0.1, 0.15) is 49.8 Å². The Kier molecular flexibility index (Phi) is 6.56. The Morgan fingerprint density at radius 3 is 2.82 bits per heavy atom. The molecule has 124 valence electrons. The second kappa shape index (κ2) is 7.99. The number of nitrogens with one attached hydrogen (secondary N) is 1. The number of guanidine groups is 1. The van der Waals surface area contributed by atoms with Gasteiger partial charge in [-0.25, -0.2) is 0 Å². The standard InChI is InChI=1S/C17H27N3S.HI/c1-14(15-6-5-11-21-15)12-19-16(18-2)20-10-9-17(13-20)7-3-4-8-17;/h5-6,11,14H,3-4,7-10,12-13H2,1-2H3,(H,18,19);1H. The molecule has 0 aromatic carbocycles. The third-order valence-electron chi connectivity index (χ3n) is 5.21. The number of rotatable bonds is 3. The molecule has 0 amide bonds. The van der Waals surface area contributed by atoms with Crippen LogP contribution in [0, 0.1) is 5.41 Å². The van der Waals surface area contributed by atoms with E-state index in [9.17, 15) is 0 Å². The summed E-state index contributed by atoms with van der Waals surface area (Å²) in [4.78, 5) is 8.44. The van der Waals surface area contributed by atoms with Crippen LogP contribution in [-0.4, -0.2) is 37.5 Å². The average molecular weight is 433 g/mol. The summed E-state index contributed by atoms with van der Waals surface area (Å²) in [5.41, 5.74) is 0.608. The molecule has 22 heavy (non-hydrogen) atoms. The highest BCUT2D eigenvalue weighted by molar-refractivity contribution is 14.0. The summed E-state index contributed by atoms with van der Waals surface area (Å²) in [6.07, 6.45) is 7.05. The van der Waals surface area contributed by atoms with Crippen LogP contribution in [0.15, 0.2) is 22.5 Å². The van der Waals surface area contributed by atoms with E-state index in [-0.39, 0.29) is 24.0 Å². The van der Waals surface area contributed by atoms with E-state index in [1.807, 2.05) is 18.4 Å². The van der Waals surface area contributed by atoms with Gasteiger partial charge in [0, 0.05) is 37.5 Å². The molecule has 0 radical (unpaired) electrons. The van der Waals surface area contributed by atoms with Gasteiger partial charge in [0.25, 0.3) is 0 Å². The molecule has 0 bridgehead atoms. The van der Waals surface area contributed by atoms with Crippen LogP contribution in [-0.2, 0) is 0 Å². The van der Waals surface area contributed by atoms with Crippen LogP contribution in [0.5, 0.6) is 0 Å². The third-order valence-corrected chi connectivity index (χ3v) is 6.31. The van der Waals surface area contributed by atoms with Crippen molar-refractivity contribution >= 4 is 41.3 Å². The van der Waals surface area contributed by atoms with Gasteiger partial charge in [0.1, 0.15) is 0 Å². The van der Waals surface area contributed by atoms with Crippen LogP contribution in [0.25, 0.3) is 0 Å². The number of thiophene rings is 1. The zero-order valence-corrected chi connectivity index (χ0v) is 16.8. The van der Waals surface area contributed by atoms with Gasteiger partial charge in [-0.3, -0.25) is 4.99 Å². The molecule has 1 aromatic heterocycles. The van der Waals surface area contributed by atoms with Gasteiger partial charge in [0.15, 0.2) is 5.96 Å². The van der Waals surface area contributed by atoms with E-state index in [1.54, 1.807) is 0 Å². The lowest BCUT2D eigenvalue weighted by Gasteiger charge is -2.26. The predicted octanol–water partition coefficient (Wildman–Crippen LogP) is 4.31. The van der Waals surface area contributed by atoms with E-state index in [0.717, 1.165) is 12.5 Å². The summed E-state index contributed by atoms with van der Waals surface area (Å²) >= 11 is 1.84. The Bertz CT molecular complexity index is 480. The number of likely N-dealkylation sites (tertiary alicyclic amines) is 1. The van der Waals surface area contributed by atoms with Gasteiger partial charge in [0.2, 0.25) is 0 Å². The summed E-state index contributed by atoms with van der Waals surface area (Å²) in [5.74, 6) is 1.65. The quantitative estimate of drug-likeness (QED) is 0.437. The van der Waals surface area contributed by atoms with Gasteiger partial charge >= 0.3 is 0 Å². The van der Waals surface area contributed by atoms with Crippen molar-refractivity contribution in [1.29, 1.82) is 0 Å². The number of hydrogen-bond donors (Lipinski definition) is 1. The number of nitrogens with zero attached hydrogens (tertiary/aromatic N) is 2. The lowest BCUT2D eigenvalue weighted by Crippen LogP contribution is -2.42. The van der Waals surface area contributed by atoms with Crippen LogP contribution in [0.2, 0.25) is 0 Å². The van der Waals surface area contributed by atoms with Crippen LogP contribution < -0.4 is 5.32 Å². The second-order valence-corrected chi connectivity index (χ2v) is 7.70. The Labute approximate surface area is 155 Å². The first-order chi connectivity index (χ1) is 10.2. The van der Waals surface area contributed by atoms with Crippen LogP contribution in [0.3, 0.4) is 0 Å². The molecular formula is C17H28IN3S. The molecule has 2 fully saturated rings. The minimum Gasteiger partial charge on any atom is -0.356 e. The number of hydrogen-bond acceptors (Lipinski definition) is 2. The molecule has 1 spiro atoms. The van der Waals surface area contributed by atoms with Crippen molar-refractivity contribution in [3.63, 3.8) is 0 Å². The van der Waals surface area contributed by atoms with Crippen molar-refractivity contribution < 1.29 is 0 Å². The number of halogens is 1. The Morgan fingerprint density at radius 1 is 1.41 bits per heavy atom. The van der Waals surface area contributed by atoms with E-state index < -0.39 is 0 Å². The Hall–Kier alpha value is -0.300. The minimum absolute atomic E-state index is 0. The molecule has 2 aliphatic rings. The monoisotopic (exact) mass is 433 g/mol. The SMILES string of the molecule is CN=C(NCC(C)c1cccs1)N1CCC2(CCCC2)C1.I. The first-order valence-corrected chi connectivity index (χ1v) is 9.09. The molecule has 1 unspecified atom stereocenters. The van der Waals surface area contributed by atoms with Gasteiger partial charge in [-0.15, -0.1) is 35.3 Å². The Balaban J connectivity index is 0.00000176. The number of aliphatic imine (C=N–C) groups is 1. The van der Waals surface area contributed by atoms with E-state index in [2.05, 4.69) is 39.6 Å². The highest BCUT2D eigenvalue weighted by Crippen LogP contribution is 2.45. The predicted molar refractivity (Wildman–Crippen MR) is 107 cm³/mol. The molecule has 3 nitrogen and oxygen atoms in total. The second-order valence-electron chi connectivity index (χ2n) is 6.72. The fourth-order valence-corrected chi connectivity index (χ4v) is 4.68. The van der Waals surface area contributed by atoms with E-state index in [0.29, 0.717) is 11.3 Å². The molecule has 1 aliphatic carbocycles. The maximum Gasteiger partial charge on any atom is 0.193 e. The first kappa shape index (κ1) is 18.0. The zero-order chi connectivity index (χ0) is 14.7. The zero-order valence-electron chi connectivity index (χ0n) is 13.7. The molecule has 1 aromatic rings. The van der Waals surface area contributed by atoms with Gasteiger partial charge in [0.05, 0.1) is 0 Å². The van der Waals surface area contributed by atoms with Gasteiger partial charge in [-0.1, -0.05) is 25.8 Å². The maximum atomic E-state index is 4.51. The van der Waals surface area contributed by atoms with Crippen molar-refractivity contribution in [2.75, 3.05) is 26.7 Å². The van der Waals surface area contributed by atoms with Gasteiger partial charge in [-0.05, 0) is 36.1 Å². The molecule has 1 saturated carbocycles. The summed E-state index contributed by atoms with van der Waals surface area (Å²) in [7, 11) is 1.91. The lowest BCUT2D eigenvalue weighted by molar-refractivity contribution is 0.309. The van der Waals surface area contributed by atoms with E-state index in [4.69, 9.17) is 0 Å². The molecule has 1 saturated heterocycles. The average Bonchev–Trinajstić information content (AvgIpc) is 3.23. The molecule has 5 heteroatoms.